The average molecular weight is 376 g/mol. The van der Waals surface area contributed by atoms with Gasteiger partial charge >= 0.3 is 12.2 Å². The predicted octanol–water partition coefficient (Wildman–Crippen LogP) is 4.62. The van der Waals surface area contributed by atoms with Crippen molar-refractivity contribution in [3.63, 3.8) is 0 Å². The van der Waals surface area contributed by atoms with Crippen molar-refractivity contribution in [2.75, 3.05) is 10.6 Å². The fourth-order valence-corrected chi connectivity index (χ4v) is 1.98. The first-order valence-corrected chi connectivity index (χ1v) is 6.88. The molecule has 0 atom stereocenters. The largest absolute Gasteiger partial charge is 0.506 e. The first-order chi connectivity index (χ1) is 11.6. The van der Waals surface area contributed by atoms with Gasteiger partial charge in [0.25, 0.3) is 5.69 Å². The van der Waals surface area contributed by atoms with Crippen molar-refractivity contribution in [2.24, 2.45) is 0 Å². The van der Waals surface area contributed by atoms with E-state index < -0.39 is 34.1 Å². The number of nitrogens with zero attached hydrogens (tertiary/aromatic N) is 1. The summed E-state index contributed by atoms with van der Waals surface area (Å²) in [5.41, 5.74) is -2.04. The van der Waals surface area contributed by atoms with E-state index in [9.17, 15) is 33.2 Å². The van der Waals surface area contributed by atoms with Crippen molar-refractivity contribution >= 4 is 34.7 Å². The van der Waals surface area contributed by atoms with E-state index in [2.05, 4.69) is 10.6 Å². The summed E-state index contributed by atoms with van der Waals surface area (Å²) in [6.45, 7) is 0. The maximum absolute atomic E-state index is 12.7. The molecule has 11 heteroatoms. The molecule has 2 aromatic carbocycles. The van der Waals surface area contributed by atoms with Crippen molar-refractivity contribution in [1.29, 1.82) is 0 Å². The Labute approximate surface area is 143 Å². The number of aromatic hydroxyl groups is 1. The summed E-state index contributed by atoms with van der Waals surface area (Å²) in [4.78, 5) is 21.8. The number of nitro groups is 1. The molecule has 0 saturated carbocycles. The highest BCUT2D eigenvalue weighted by molar-refractivity contribution is 6.33. The highest BCUT2D eigenvalue weighted by atomic mass is 35.5. The Morgan fingerprint density at radius 2 is 1.76 bits per heavy atom. The molecule has 0 aliphatic rings. The Morgan fingerprint density at radius 3 is 2.36 bits per heavy atom. The minimum Gasteiger partial charge on any atom is -0.506 e. The maximum Gasteiger partial charge on any atom is 0.416 e. The van der Waals surface area contributed by atoms with Gasteiger partial charge in [0, 0.05) is 12.1 Å². The van der Waals surface area contributed by atoms with Crippen LogP contribution in [0.5, 0.6) is 5.75 Å². The summed E-state index contributed by atoms with van der Waals surface area (Å²) in [6, 6.07) is 4.20. The molecule has 0 aromatic heterocycles. The van der Waals surface area contributed by atoms with Gasteiger partial charge in [0.2, 0.25) is 0 Å². The zero-order valence-electron chi connectivity index (χ0n) is 12.1. The number of halogens is 4. The Hall–Kier alpha value is -3.01. The van der Waals surface area contributed by atoms with E-state index in [1.165, 1.54) is 0 Å². The highest BCUT2D eigenvalue weighted by Gasteiger charge is 2.31. The van der Waals surface area contributed by atoms with Crippen molar-refractivity contribution in [3.05, 3.63) is 57.1 Å². The number of carbonyl (C=O) groups is 1. The van der Waals surface area contributed by atoms with E-state index in [0.717, 1.165) is 30.3 Å². The smallest absolute Gasteiger partial charge is 0.416 e. The zero-order valence-corrected chi connectivity index (χ0v) is 12.9. The molecule has 0 aliphatic heterocycles. The number of benzene rings is 2. The summed E-state index contributed by atoms with van der Waals surface area (Å²) in [5.74, 6) is -0.462. The fraction of sp³-hybridized carbons (Fsp3) is 0.0714. The van der Waals surface area contributed by atoms with Crippen LogP contribution in [-0.2, 0) is 6.18 Å². The molecule has 2 aromatic rings. The number of alkyl halides is 3. The molecule has 0 aliphatic carbocycles. The van der Waals surface area contributed by atoms with Crippen molar-refractivity contribution in [3.8, 4) is 5.75 Å². The number of rotatable bonds is 3. The summed E-state index contributed by atoms with van der Waals surface area (Å²) < 4.78 is 38.1. The van der Waals surface area contributed by atoms with Gasteiger partial charge in [0.1, 0.15) is 5.75 Å². The third-order valence-corrected chi connectivity index (χ3v) is 3.31. The number of non-ortho nitro benzene ring substituents is 1. The number of hydrogen-bond donors (Lipinski definition) is 3. The third kappa shape index (κ3) is 4.51. The Bertz CT molecular complexity index is 843. The van der Waals surface area contributed by atoms with E-state index in [4.69, 9.17) is 11.6 Å². The molecule has 2 rings (SSSR count). The van der Waals surface area contributed by atoms with Gasteiger partial charge in [-0.3, -0.25) is 10.1 Å². The van der Waals surface area contributed by atoms with Crippen LogP contribution >= 0.6 is 11.6 Å². The van der Waals surface area contributed by atoms with Gasteiger partial charge in [-0.05, 0) is 24.3 Å². The Kier molecular flexibility index (Phi) is 5.02. The van der Waals surface area contributed by atoms with Crippen molar-refractivity contribution in [1.82, 2.24) is 0 Å². The third-order valence-electron chi connectivity index (χ3n) is 2.98. The van der Waals surface area contributed by atoms with Gasteiger partial charge in [-0.1, -0.05) is 11.6 Å². The molecule has 3 N–H and O–H groups in total. The summed E-state index contributed by atoms with van der Waals surface area (Å²) in [6.07, 6.45) is -4.63. The number of urea groups is 1. The molecular weight excluding hydrogens is 367 g/mol. The van der Waals surface area contributed by atoms with Gasteiger partial charge in [0.15, 0.2) is 0 Å². The minimum absolute atomic E-state index is 0.147. The molecule has 132 valence electrons. The lowest BCUT2D eigenvalue weighted by molar-refractivity contribution is -0.384. The second-order valence-electron chi connectivity index (χ2n) is 4.73. The van der Waals surface area contributed by atoms with Gasteiger partial charge in [0.05, 0.1) is 26.9 Å². The van der Waals surface area contributed by atoms with Crippen LogP contribution in [0.2, 0.25) is 5.02 Å². The molecule has 0 radical (unpaired) electrons. The summed E-state index contributed by atoms with van der Waals surface area (Å²) >= 11 is 5.74. The van der Waals surface area contributed by atoms with Crippen LogP contribution in [0.4, 0.5) is 35.0 Å². The quantitative estimate of drug-likeness (QED) is 0.413. The summed E-state index contributed by atoms with van der Waals surface area (Å²) in [7, 11) is 0. The SMILES string of the molecule is O=C(Nc1cc([N+](=O)[O-])ccc1O)Nc1cc(C(F)(F)F)ccc1Cl. The highest BCUT2D eigenvalue weighted by Crippen LogP contribution is 2.34. The predicted molar refractivity (Wildman–Crippen MR) is 83.9 cm³/mol. The molecule has 0 bridgehead atoms. The Morgan fingerprint density at radius 1 is 1.12 bits per heavy atom. The topological polar surface area (TPSA) is 104 Å². The number of phenols is 1. The standard InChI is InChI=1S/C14H9ClF3N3O4/c15-9-3-1-7(14(16,17)18)5-10(9)19-13(23)20-11-6-8(21(24)25)2-4-12(11)22/h1-6,22H,(H2,19,20,23). The van der Waals surface area contributed by atoms with E-state index in [1.807, 2.05) is 0 Å². The molecule has 0 heterocycles. The van der Waals surface area contributed by atoms with Crippen LogP contribution in [0.25, 0.3) is 0 Å². The van der Waals surface area contributed by atoms with Crippen LogP contribution in [0.1, 0.15) is 5.56 Å². The minimum atomic E-state index is -4.63. The normalized spacial score (nSPS) is 11.0. The van der Waals surface area contributed by atoms with Crippen molar-refractivity contribution < 1.29 is 28.0 Å². The lowest BCUT2D eigenvalue weighted by Crippen LogP contribution is -2.20. The first-order valence-electron chi connectivity index (χ1n) is 6.50. The lowest BCUT2D eigenvalue weighted by atomic mass is 10.2. The van der Waals surface area contributed by atoms with Gasteiger partial charge in [-0.15, -0.1) is 0 Å². The number of hydrogen-bond acceptors (Lipinski definition) is 4. The zero-order chi connectivity index (χ0) is 18.8. The number of carbonyl (C=O) groups excluding carboxylic acids is 1. The molecule has 7 nitrogen and oxygen atoms in total. The van der Waals surface area contributed by atoms with E-state index >= 15 is 0 Å². The average Bonchev–Trinajstić information content (AvgIpc) is 2.50. The molecule has 0 fully saturated rings. The van der Waals surface area contributed by atoms with Crippen molar-refractivity contribution in [2.45, 2.75) is 6.18 Å². The maximum atomic E-state index is 12.7. The number of anilines is 2. The van der Waals surface area contributed by atoms with Crippen LogP contribution in [0, 0.1) is 10.1 Å². The molecule has 2 amide bonds. The number of nitrogens with one attached hydrogen (secondary N) is 2. The number of nitro benzene ring substituents is 1. The number of phenolic OH excluding ortho intramolecular Hbond substituents is 1. The summed E-state index contributed by atoms with van der Waals surface area (Å²) in [5, 5.41) is 24.3. The van der Waals surface area contributed by atoms with E-state index in [1.54, 1.807) is 0 Å². The first kappa shape index (κ1) is 18.3. The molecular formula is C14H9ClF3N3O4. The van der Waals surface area contributed by atoms with Gasteiger partial charge < -0.3 is 15.7 Å². The van der Waals surface area contributed by atoms with Crippen LogP contribution in [-0.4, -0.2) is 16.1 Å². The van der Waals surface area contributed by atoms with E-state index in [0.29, 0.717) is 6.07 Å². The van der Waals surface area contributed by atoms with Gasteiger partial charge in [-0.2, -0.15) is 13.2 Å². The van der Waals surface area contributed by atoms with Crippen LogP contribution in [0.3, 0.4) is 0 Å². The molecule has 25 heavy (non-hydrogen) atoms. The van der Waals surface area contributed by atoms with E-state index in [-0.39, 0.29) is 16.4 Å². The second-order valence-corrected chi connectivity index (χ2v) is 5.14. The lowest BCUT2D eigenvalue weighted by Gasteiger charge is -2.12. The molecule has 0 unspecified atom stereocenters. The van der Waals surface area contributed by atoms with Crippen LogP contribution in [0.15, 0.2) is 36.4 Å². The van der Waals surface area contributed by atoms with Gasteiger partial charge in [-0.25, -0.2) is 4.79 Å². The van der Waals surface area contributed by atoms with Crippen LogP contribution < -0.4 is 10.6 Å². The Balaban J connectivity index is 2.21. The molecule has 0 spiro atoms. The fourth-order valence-electron chi connectivity index (χ4n) is 1.81. The second kappa shape index (κ2) is 6.85. The number of amides is 2. The monoisotopic (exact) mass is 375 g/mol. The molecule has 0 saturated heterocycles.